The zero-order valence-electron chi connectivity index (χ0n) is 12.2. The molecule has 6 heteroatoms. The van der Waals surface area contributed by atoms with Gasteiger partial charge in [-0.2, -0.15) is 0 Å². The number of hydrogen-bond donors (Lipinski definition) is 3. The first-order valence-electron chi connectivity index (χ1n) is 6.55. The van der Waals surface area contributed by atoms with E-state index >= 15 is 0 Å². The van der Waals surface area contributed by atoms with Crippen molar-refractivity contribution in [3.05, 3.63) is 29.8 Å². The third-order valence-electron chi connectivity index (χ3n) is 3.65. The summed E-state index contributed by atoms with van der Waals surface area (Å²) in [5, 5.41) is 28.9. The Balaban J connectivity index is 3.11. The normalized spacial score (nSPS) is 15.3. The molecule has 116 valence electrons. The van der Waals surface area contributed by atoms with E-state index in [4.69, 9.17) is 4.74 Å². The highest BCUT2D eigenvalue weighted by molar-refractivity contribution is 5.86. The van der Waals surface area contributed by atoms with Crippen LogP contribution in [0.5, 0.6) is 5.75 Å². The molecule has 0 aliphatic rings. The second-order valence-corrected chi connectivity index (χ2v) is 5.23. The molecule has 2 atom stereocenters. The van der Waals surface area contributed by atoms with Crippen LogP contribution in [0.3, 0.4) is 0 Å². The van der Waals surface area contributed by atoms with E-state index in [1.54, 1.807) is 24.3 Å². The van der Waals surface area contributed by atoms with E-state index in [0.717, 1.165) is 0 Å². The van der Waals surface area contributed by atoms with Gasteiger partial charge in [0.1, 0.15) is 11.7 Å². The van der Waals surface area contributed by atoms with Crippen molar-refractivity contribution >= 4 is 11.9 Å². The molecule has 0 aliphatic heterocycles. The van der Waals surface area contributed by atoms with Crippen LogP contribution in [0.2, 0.25) is 0 Å². The van der Waals surface area contributed by atoms with Gasteiger partial charge < -0.3 is 20.1 Å². The third-order valence-corrected chi connectivity index (χ3v) is 3.65. The van der Waals surface area contributed by atoms with Crippen LogP contribution in [0, 0.1) is 11.8 Å². The Morgan fingerprint density at radius 2 is 1.71 bits per heavy atom. The second-order valence-electron chi connectivity index (χ2n) is 5.23. The summed E-state index contributed by atoms with van der Waals surface area (Å²) in [6.45, 7) is 2.97. The van der Waals surface area contributed by atoms with Gasteiger partial charge in [-0.1, -0.05) is 26.0 Å². The number of hydrogen-bond acceptors (Lipinski definition) is 4. The second kappa shape index (κ2) is 6.58. The van der Waals surface area contributed by atoms with Crippen LogP contribution in [0.4, 0.5) is 0 Å². The lowest BCUT2D eigenvalue weighted by atomic mass is 9.75. The highest BCUT2D eigenvalue weighted by Crippen LogP contribution is 2.30. The minimum atomic E-state index is -2.33. The fourth-order valence-corrected chi connectivity index (χ4v) is 2.23. The van der Waals surface area contributed by atoms with E-state index in [-0.39, 0.29) is 6.42 Å². The number of ether oxygens (including phenoxy) is 1. The molecule has 0 heterocycles. The van der Waals surface area contributed by atoms with Crippen LogP contribution in [-0.2, 0) is 16.0 Å². The van der Waals surface area contributed by atoms with Gasteiger partial charge in [-0.3, -0.25) is 4.79 Å². The van der Waals surface area contributed by atoms with Crippen LogP contribution >= 0.6 is 0 Å². The van der Waals surface area contributed by atoms with Crippen molar-refractivity contribution < 1.29 is 29.6 Å². The van der Waals surface area contributed by atoms with Gasteiger partial charge in [-0.25, -0.2) is 4.79 Å². The van der Waals surface area contributed by atoms with Crippen molar-refractivity contribution in [1.82, 2.24) is 0 Å². The lowest BCUT2D eigenvalue weighted by Gasteiger charge is -2.33. The van der Waals surface area contributed by atoms with E-state index in [1.165, 1.54) is 21.0 Å². The van der Waals surface area contributed by atoms with E-state index in [1.807, 2.05) is 0 Å². The van der Waals surface area contributed by atoms with Gasteiger partial charge in [0.2, 0.25) is 0 Å². The lowest BCUT2D eigenvalue weighted by Crippen LogP contribution is -2.54. The van der Waals surface area contributed by atoms with Crippen molar-refractivity contribution in [2.24, 2.45) is 11.8 Å². The number of benzene rings is 1. The van der Waals surface area contributed by atoms with Crippen LogP contribution in [-0.4, -0.2) is 40.0 Å². The number of aliphatic carboxylic acids is 2. The van der Waals surface area contributed by atoms with Crippen LogP contribution < -0.4 is 4.74 Å². The summed E-state index contributed by atoms with van der Waals surface area (Å²) < 4.78 is 5.01. The fourth-order valence-electron chi connectivity index (χ4n) is 2.23. The van der Waals surface area contributed by atoms with Gasteiger partial charge in [-0.05, 0) is 30.0 Å². The van der Waals surface area contributed by atoms with Crippen LogP contribution in [0.25, 0.3) is 0 Å². The number of carboxylic acid groups (broad SMARTS) is 2. The maximum absolute atomic E-state index is 11.4. The summed E-state index contributed by atoms with van der Waals surface area (Å²) in [6.07, 6.45) is -0.0830. The van der Waals surface area contributed by atoms with Gasteiger partial charge in [0.15, 0.2) is 5.60 Å². The average Bonchev–Trinajstić information content (AvgIpc) is 2.43. The molecular weight excluding hydrogens is 276 g/mol. The number of carbonyl (C=O) groups is 2. The predicted molar refractivity (Wildman–Crippen MR) is 75.2 cm³/mol. The SMILES string of the molecule is COc1ccc(CC(C(=O)O)C(O)(C(=O)O)C(C)C)cc1. The molecule has 0 saturated heterocycles. The lowest BCUT2D eigenvalue weighted by molar-refractivity contribution is -0.180. The fraction of sp³-hybridized carbons (Fsp3) is 0.467. The molecule has 0 amide bonds. The smallest absolute Gasteiger partial charge is 0.336 e. The Kier molecular flexibility index (Phi) is 5.32. The molecule has 1 aromatic rings. The molecule has 0 bridgehead atoms. The van der Waals surface area contributed by atoms with E-state index < -0.39 is 29.4 Å². The Bertz CT molecular complexity index is 507. The molecule has 1 rings (SSSR count). The minimum Gasteiger partial charge on any atom is -0.497 e. The van der Waals surface area contributed by atoms with Gasteiger partial charge in [0.05, 0.1) is 7.11 Å². The first-order valence-corrected chi connectivity index (χ1v) is 6.55. The third kappa shape index (κ3) is 3.52. The number of aliphatic hydroxyl groups is 1. The van der Waals surface area contributed by atoms with E-state index in [0.29, 0.717) is 11.3 Å². The van der Waals surface area contributed by atoms with Gasteiger partial charge in [0, 0.05) is 0 Å². The highest BCUT2D eigenvalue weighted by Gasteiger charge is 2.50. The molecule has 0 aromatic heterocycles. The quantitative estimate of drug-likeness (QED) is 0.703. The number of rotatable bonds is 7. The maximum Gasteiger partial charge on any atom is 0.336 e. The maximum atomic E-state index is 11.4. The Morgan fingerprint density at radius 3 is 2.05 bits per heavy atom. The van der Waals surface area contributed by atoms with Crippen molar-refractivity contribution in [3.63, 3.8) is 0 Å². The molecule has 6 nitrogen and oxygen atoms in total. The van der Waals surface area contributed by atoms with Gasteiger partial charge >= 0.3 is 11.9 Å². The predicted octanol–water partition coefficient (Wildman–Crippen LogP) is 1.41. The van der Waals surface area contributed by atoms with Crippen molar-refractivity contribution in [2.75, 3.05) is 7.11 Å². The highest BCUT2D eigenvalue weighted by atomic mass is 16.5. The summed E-state index contributed by atoms with van der Waals surface area (Å²) in [5.41, 5.74) is -1.71. The standard InChI is InChI=1S/C15H20O6/c1-9(2)15(20,14(18)19)12(13(16)17)8-10-4-6-11(21-3)7-5-10/h4-7,9,12,20H,8H2,1-3H3,(H,16,17)(H,18,19). The monoisotopic (exact) mass is 296 g/mol. The molecule has 21 heavy (non-hydrogen) atoms. The summed E-state index contributed by atoms with van der Waals surface area (Å²) in [4.78, 5) is 22.8. The topological polar surface area (TPSA) is 104 Å². The van der Waals surface area contributed by atoms with Crippen LogP contribution in [0.1, 0.15) is 19.4 Å². The van der Waals surface area contributed by atoms with Gasteiger partial charge in [0.25, 0.3) is 0 Å². The molecule has 0 radical (unpaired) electrons. The molecule has 0 fully saturated rings. The number of methoxy groups -OCH3 is 1. The van der Waals surface area contributed by atoms with E-state index in [9.17, 15) is 24.9 Å². The summed E-state index contributed by atoms with van der Waals surface area (Å²) in [7, 11) is 1.51. The average molecular weight is 296 g/mol. The van der Waals surface area contributed by atoms with Crippen LogP contribution in [0.15, 0.2) is 24.3 Å². The molecule has 0 saturated carbocycles. The van der Waals surface area contributed by atoms with Crippen molar-refractivity contribution in [2.45, 2.75) is 25.9 Å². The first kappa shape index (κ1) is 17.0. The largest absolute Gasteiger partial charge is 0.497 e. The van der Waals surface area contributed by atoms with Crippen molar-refractivity contribution in [3.8, 4) is 5.75 Å². The first-order chi connectivity index (χ1) is 9.73. The zero-order chi connectivity index (χ0) is 16.2. The molecular formula is C15H20O6. The van der Waals surface area contributed by atoms with Gasteiger partial charge in [-0.15, -0.1) is 0 Å². The summed E-state index contributed by atoms with van der Waals surface area (Å²) in [5.74, 6) is -4.44. The summed E-state index contributed by atoms with van der Waals surface area (Å²) >= 11 is 0. The van der Waals surface area contributed by atoms with Crippen molar-refractivity contribution in [1.29, 1.82) is 0 Å². The summed E-state index contributed by atoms with van der Waals surface area (Å²) in [6, 6.07) is 6.61. The molecule has 0 spiro atoms. The Morgan fingerprint density at radius 1 is 1.19 bits per heavy atom. The molecule has 3 N–H and O–H groups in total. The molecule has 2 unspecified atom stereocenters. The minimum absolute atomic E-state index is 0.0830. The molecule has 0 aliphatic carbocycles. The molecule has 1 aromatic carbocycles. The zero-order valence-corrected chi connectivity index (χ0v) is 12.2. The van der Waals surface area contributed by atoms with E-state index in [2.05, 4.69) is 0 Å². The Labute approximate surface area is 123 Å². The number of carboxylic acids is 2. The Hall–Kier alpha value is -2.08.